The number of pyridine rings is 1. The average molecular weight is 206 g/mol. The van der Waals surface area contributed by atoms with Crippen LogP contribution in [0.5, 0.6) is 0 Å². The fourth-order valence-electron chi connectivity index (χ4n) is 1.74. The molecule has 1 N–H and O–H groups in total. The van der Waals surface area contributed by atoms with E-state index >= 15 is 0 Å². The summed E-state index contributed by atoms with van der Waals surface area (Å²) in [6.07, 6.45) is 6.58. The standard InChI is InChI=1S/C13H22N2/c1-3-7-12(14-9-4-2)11-13-8-5-6-10-15-13/h5-6,8,10,12,14H,3-4,7,9,11H2,1-2H3. The highest BCUT2D eigenvalue weighted by Gasteiger charge is 2.07. The molecule has 1 rings (SSSR count). The minimum atomic E-state index is 0.588. The Kier molecular flexibility index (Phi) is 6.02. The fourth-order valence-corrected chi connectivity index (χ4v) is 1.74. The maximum Gasteiger partial charge on any atom is 0.0419 e. The molecule has 0 aromatic carbocycles. The minimum Gasteiger partial charge on any atom is -0.314 e. The van der Waals surface area contributed by atoms with E-state index in [9.17, 15) is 0 Å². The van der Waals surface area contributed by atoms with Crippen LogP contribution in [0.15, 0.2) is 24.4 Å². The van der Waals surface area contributed by atoms with Gasteiger partial charge in [-0.3, -0.25) is 4.98 Å². The summed E-state index contributed by atoms with van der Waals surface area (Å²) < 4.78 is 0. The number of aromatic nitrogens is 1. The summed E-state index contributed by atoms with van der Waals surface area (Å²) in [4.78, 5) is 4.37. The van der Waals surface area contributed by atoms with Gasteiger partial charge in [-0.05, 0) is 31.5 Å². The summed E-state index contributed by atoms with van der Waals surface area (Å²) in [5, 5.41) is 3.58. The van der Waals surface area contributed by atoms with Gasteiger partial charge in [-0.2, -0.15) is 0 Å². The van der Waals surface area contributed by atoms with Crippen LogP contribution in [-0.4, -0.2) is 17.6 Å². The van der Waals surface area contributed by atoms with Gasteiger partial charge in [0.25, 0.3) is 0 Å². The number of nitrogens with one attached hydrogen (secondary N) is 1. The fraction of sp³-hybridized carbons (Fsp3) is 0.615. The number of nitrogens with zero attached hydrogens (tertiary/aromatic N) is 1. The molecule has 84 valence electrons. The molecule has 1 unspecified atom stereocenters. The molecule has 0 amide bonds. The zero-order chi connectivity index (χ0) is 10.9. The Balaban J connectivity index is 2.43. The maximum atomic E-state index is 4.37. The van der Waals surface area contributed by atoms with Crippen molar-refractivity contribution in [2.45, 2.75) is 45.6 Å². The molecule has 0 fully saturated rings. The van der Waals surface area contributed by atoms with Crippen molar-refractivity contribution in [1.29, 1.82) is 0 Å². The van der Waals surface area contributed by atoms with Gasteiger partial charge in [0.15, 0.2) is 0 Å². The quantitative estimate of drug-likeness (QED) is 0.742. The highest BCUT2D eigenvalue weighted by Crippen LogP contribution is 2.05. The van der Waals surface area contributed by atoms with Crippen LogP contribution >= 0.6 is 0 Å². The maximum absolute atomic E-state index is 4.37. The largest absolute Gasteiger partial charge is 0.314 e. The van der Waals surface area contributed by atoms with Gasteiger partial charge in [0.2, 0.25) is 0 Å². The smallest absolute Gasteiger partial charge is 0.0419 e. The van der Waals surface area contributed by atoms with Crippen molar-refractivity contribution >= 4 is 0 Å². The molecule has 1 aromatic heterocycles. The van der Waals surface area contributed by atoms with Gasteiger partial charge in [0, 0.05) is 24.4 Å². The summed E-state index contributed by atoms with van der Waals surface area (Å²) in [6, 6.07) is 6.73. The van der Waals surface area contributed by atoms with E-state index in [2.05, 4.69) is 36.3 Å². The molecule has 1 heterocycles. The van der Waals surface area contributed by atoms with Crippen LogP contribution in [0.3, 0.4) is 0 Å². The second-order valence-electron chi connectivity index (χ2n) is 3.96. The number of hydrogen-bond donors (Lipinski definition) is 1. The zero-order valence-electron chi connectivity index (χ0n) is 9.87. The molecular formula is C13H22N2. The second-order valence-corrected chi connectivity index (χ2v) is 3.96. The predicted molar refractivity (Wildman–Crippen MR) is 64.9 cm³/mol. The summed E-state index contributed by atoms with van der Waals surface area (Å²) in [5.74, 6) is 0. The van der Waals surface area contributed by atoms with Gasteiger partial charge in [0.1, 0.15) is 0 Å². The lowest BCUT2D eigenvalue weighted by Crippen LogP contribution is -2.31. The molecule has 0 bridgehead atoms. The topological polar surface area (TPSA) is 24.9 Å². The SMILES string of the molecule is CCCNC(CCC)Cc1ccccn1. The van der Waals surface area contributed by atoms with Crippen LogP contribution in [0.25, 0.3) is 0 Å². The summed E-state index contributed by atoms with van der Waals surface area (Å²) >= 11 is 0. The van der Waals surface area contributed by atoms with Gasteiger partial charge in [-0.15, -0.1) is 0 Å². The minimum absolute atomic E-state index is 0.588. The Hall–Kier alpha value is -0.890. The lowest BCUT2D eigenvalue weighted by molar-refractivity contribution is 0.469. The third-order valence-electron chi connectivity index (χ3n) is 2.50. The molecule has 0 aliphatic heterocycles. The van der Waals surface area contributed by atoms with Crippen LogP contribution in [-0.2, 0) is 6.42 Å². The van der Waals surface area contributed by atoms with Gasteiger partial charge in [-0.25, -0.2) is 0 Å². The number of rotatable bonds is 7. The Morgan fingerprint density at radius 2 is 2.13 bits per heavy atom. The highest BCUT2D eigenvalue weighted by atomic mass is 14.9. The lowest BCUT2D eigenvalue weighted by atomic mass is 10.1. The van der Waals surface area contributed by atoms with E-state index in [1.807, 2.05) is 12.3 Å². The van der Waals surface area contributed by atoms with Crippen LogP contribution in [0.1, 0.15) is 38.8 Å². The molecule has 1 aromatic rings. The normalized spacial score (nSPS) is 12.7. The first kappa shape index (κ1) is 12.2. The lowest BCUT2D eigenvalue weighted by Gasteiger charge is -2.17. The van der Waals surface area contributed by atoms with E-state index in [1.54, 1.807) is 0 Å². The molecule has 15 heavy (non-hydrogen) atoms. The molecule has 0 saturated heterocycles. The van der Waals surface area contributed by atoms with E-state index < -0.39 is 0 Å². The Morgan fingerprint density at radius 3 is 2.73 bits per heavy atom. The van der Waals surface area contributed by atoms with Crippen molar-refractivity contribution in [2.75, 3.05) is 6.54 Å². The summed E-state index contributed by atoms with van der Waals surface area (Å²) in [5.41, 5.74) is 1.19. The first-order chi connectivity index (χ1) is 7.36. The zero-order valence-corrected chi connectivity index (χ0v) is 9.87. The second kappa shape index (κ2) is 7.41. The van der Waals surface area contributed by atoms with Gasteiger partial charge in [0.05, 0.1) is 0 Å². The molecule has 1 atom stereocenters. The van der Waals surface area contributed by atoms with E-state index in [0.717, 1.165) is 13.0 Å². The van der Waals surface area contributed by atoms with Crippen LogP contribution in [0.2, 0.25) is 0 Å². The van der Waals surface area contributed by atoms with E-state index in [0.29, 0.717) is 6.04 Å². The molecule has 2 nitrogen and oxygen atoms in total. The highest BCUT2D eigenvalue weighted by molar-refractivity contribution is 5.05. The van der Waals surface area contributed by atoms with Gasteiger partial charge < -0.3 is 5.32 Å². The average Bonchev–Trinajstić information content (AvgIpc) is 2.28. The Labute approximate surface area is 93.1 Å². The monoisotopic (exact) mass is 206 g/mol. The first-order valence-corrected chi connectivity index (χ1v) is 6.00. The molecule has 0 aliphatic rings. The number of hydrogen-bond acceptors (Lipinski definition) is 2. The molecule has 0 radical (unpaired) electrons. The van der Waals surface area contributed by atoms with Crippen molar-refractivity contribution in [3.63, 3.8) is 0 Å². The molecule has 0 aliphatic carbocycles. The predicted octanol–water partition coefficient (Wildman–Crippen LogP) is 2.79. The van der Waals surface area contributed by atoms with Crippen molar-refractivity contribution in [2.24, 2.45) is 0 Å². The third kappa shape index (κ3) is 4.93. The van der Waals surface area contributed by atoms with Gasteiger partial charge >= 0.3 is 0 Å². The van der Waals surface area contributed by atoms with Crippen molar-refractivity contribution in [3.8, 4) is 0 Å². The summed E-state index contributed by atoms with van der Waals surface area (Å²) in [6.45, 7) is 5.55. The van der Waals surface area contributed by atoms with E-state index in [1.165, 1.54) is 25.0 Å². The van der Waals surface area contributed by atoms with Crippen LogP contribution in [0.4, 0.5) is 0 Å². The molecular weight excluding hydrogens is 184 g/mol. The van der Waals surface area contributed by atoms with Crippen molar-refractivity contribution in [3.05, 3.63) is 30.1 Å². The van der Waals surface area contributed by atoms with E-state index in [4.69, 9.17) is 0 Å². The summed E-state index contributed by atoms with van der Waals surface area (Å²) in [7, 11) is 0. The Bertz CT molecular complexity index is 246. The first-order valence-electron chi connectivity index (χ1n) is 6.00. The molecule has 0 saturated carbocycles. The Morgan fingerprint density at radius 1 is 1.27 bits per heavy atom. The van der Waals surface area contributed by atoms with Crippen molar-refractivity contribution < 1.29 is 0 Å². The third-order valence-corrected chi connectivity index (χ3v) is 2.50. The van der Waals surface area contributed by atoms with Crippen LogP contribution < -0.4 is 5.32 Å². The van der Waals surface area contributed by atoms with E-state index in [-0.39, 0.29) is 0 Å². The molecule has 2 heteroatoms. The molecule has 0 spiro atoms. The van der Waals surface area contributed by atoms with Gasteiger partial charge in [-0.1, -0.05) is 26.3 Å². The van der Waals surface area contributed by atoms with Crippen molar-refractivity contribution in [1.82, 2.24) is 10.3 Å². The van der Waals surface area contributed by atoms with Crippen LogP contribution in [0, 0.1) is 0 Å².